The summed E-state index contributed by atoms with van der Waals surface area (Å²) in [5.41, 5.74) is 0. The van der Waals surface area contributed by atoms with Gasteiger partial charge in [0.05, 0.1) is 10.6 Å². The highest BCUT2D eigenvalue weighted by molar-refractivity contribution is 9.10. The fraction of sp³-hybridized carbons (Fsp3) is 0.500. The Labute approximate surface area is 91.7 Å². The van der Waals surface area contributed by atoms with Crippen LogP contribution in [0, 0.1) is 5.92 Å². The van der Waals surface area contributed by atoms with E-state index in [2.05, 4.69) is 26.2 Å². The number of rotatable bonds is 3. The van der Waals surface area contributed by atoms with Crippen molar-refractivity contribution in [3.05, 3.63) is 22.8 Å². The molecule has 1 saturated carbocycles. The number of aliphatic hydroxyl groups excluding tert-OH is 1. The zero-order chi connectivity index (χ0) is 9.97. The van der Waals surface area contributed by atoms with E-state index in [4.69, 9.17) is 5.11 Å². The van der Waals surface area contributed by atoms with Crippen molar-refractivity contribution < 1.29 is 5.11 Å². The second-order valence-electron chi connectivity index (χ2n) is 3.71. The number of pyridine rings is 1. The Kier molecular flexibility index (Phi) is 3.03. The van der Waals surface area contributed by atoms with E-state index in [9.17, 15) is 0 Å². The van der Waals surface area contributed by atoms with Crippen molar-refractivity contribution in [1.82, 2.24) is 4.98 Å². The molecule has 0 atom stereocenters. The van der Waals surface area contributed by atoms with E-state index in [0.29, 0.717) is 5.92 Å². The summed E-state index contributed by atoms with van der Waals surface area (Å²) in [6, 6.07) is 3.85. The Morgan fingerprint density at radius 3 is 3.00 bits per heavy atom. The Morgan fingerprint density at radius 1 is 1.57 bits per heavy atom. The first-order valence-corrected chi connectivity index (χ1v) is 5.57. The largest absolute Gasteiger partial charge is 0.393 e. The molecular formula is C10H13BrN2O. The van der Waals surface area contributed by atoms with Crippen LogP contribution in [0.1, 0.15) is 12.8 Å². The lowest BCUT2D eigenvalue weighted by Crippen LogP contribution is -2.33. The predicted molar refractivity (Wildman–Crippen MR) is 59.2 cm³/mol. The van der Waals surface area contributed by atoms with Crippen LogP contribution in [0.15, 0.2) is 22.8 Å². The Hall–Kier alpha value is -0.610. The van der Waals surface area contributed by atoms with E-state index in [0.717, 1.165) is 29.7 Å². The van der Waals surface area contributed by atoms with Crippen LogP contribution in [-0.2, 0) is 0 Å². The van der Waals surface area contributed by atoms with Crippen molar-refractivity contribution in [1.29, 1.82) is 0 Å². The molecule has 4 heteroatoms. The summed E-state index contributed by atoms with van der Waals surface area (Å²) >= 11 is 3.42. The van der Waals surface area contributed by atoms with Gasteiger partial charge in [-0.15, -0.1) is 0 Å². The summed E-state index contributed by atoms with van der Waals surface area (Å²) < 4.78 is 0.986. The van der Waals surface area contributed by atoms with Gasteiger partial charge in [-0.1, -0.05) is 0 Å². The molecule has 0 spiro atoms. The Bertz CT molecular complexity index is 313. The monoisotopic (exact) mass is 256 g/mol. The van der Waals surface area contributed by atoms with E-state index >= 15 is 0 Å². The lowest BCUT2D eigenvalue weighted by molar-refractivity contribution is 0.0486. The van der Waals surface area contributed by atoms with Crippen molar-refractivity contribution in [2.24, 2.45) is 5.92 Å². The highest BCUT2D eigenvalue weighted by Crippen LogP contribution is 2.28. The fourth-order valence-corrected chi connectivity index (χ4v) is 2.02. The molecule has 1 heterocycles. The van der Waals surface area contributed by atoms with Crippen molar-refractivity contribution >= 4 is 21.7 Å². The third kappa shape index (κ3) is 2.25. The molecule has 0 aromatic carbocycles. The van der Waals surface area contributed by atoms with Gasteiger partial charge < -0.3 is 10.4 Å². The average molecular weight is 257 g/mol. The third-order valence-electron chi connectivity index (χ3n) is 2.53. The zero-order valence-electron chi connectivity index (χ0n) is 7.78. The topological polar surface area (TPSA) is 45.1 Å². The van der Waals surface area contributed by atoms with E-state index in [1.165, 1.54) is 0 Å². The second-order valence-corrected chi connectivity index (χ2v) is 4.56. The highest BCUT2D eigenvalue weighted by atomic mass is 79.9. The number of aromatic nitrogens is 1. The molecular weight excluding hydrogens is 244 g/mol. The van der Waals surface area contributed by atoms with E-state index < -0.39 is 0 Å². The number of aliphatic hydroxyl groups is 1. The molecule has 1 aromatic rings. The summed E-state index contributed by atoms with van der Waals surface area (Å²) in [6.45, 7) is 0.896. The lowest BCUT2D eigenvalue weighted by Gasteiger charge is -2.31. The molecule has 0 bridgehead atoms. The van der Waals surface area contributed by atoms with Gasteiger partial charge in [0.1, 0.15) is 5.82 Å². The van der Waals surface area contributed by atoms with Gasteiger partial charge in [-0.05, 0) is 46.8 Å². The Balaban J connectivity index is 1.83. The van der Waals surface area contributed by atoms with Gasteiger partial charge in [0.2, 0.25) is 0 Å². The van der Waals surface area contributed by atoms with Crippen LogP contribution in [0.2, 0.25) is 0 Å². The van der Waals surface area contributed by atoms with E-state index in [-0.39, 0.29) is 6.10 Å². The first-order valence-electron chi connectivity index (χ1n) is 4.78. The maximum atomic E-state index is 9.12. The van der Waals surface area contributed by atoms with Gasteiger partial charge in [-0.25, -0.2) is 4.98 Å². The van der Waals surface area contributed by atoms with Gasteiger partial charge in [-0.2, -0.15) is 0 Å². The average Bonchev–Trinajstić information content (AvgIpc) is 2.13. The first kappa shape index (κ1) is 9.93. The summed E-state index contributed by atoms with van der Waals surface area (Å²) in [5, 5.41) is 12.4. The number of hydrogen-bond donors (Lipinski definition) is 2. The number of nitrogens with one attached hydrogen (secondary N) is 1. The minimum absolute atomic E-state index is 0.0750. The molecule has 1 aliphatic carbocycles. The smallest absolute Gasteiger partial charge is 0.140 e. The van der Waals surface area contributed by atoms with Gasteiger partial charge in [-0.3, -0.25) is 0 Å². The van der Waals surface area contributed by atoms with Crippen molar-refractivity contribution in [3.63, 3.8) is 0 Å². The standard InChI is InChI=1S/C10H13BrN2O/c11-9-2-1-3-12-10(9)13-6-7-4-8(14)5-7/h1-3,7-8,14H,4-6H2,(H,12,13). The quantitative estimate of drug-likeness (QED) is 0.870. The maximum Gasteiger partial charge on any atom is 0.140 e. The van der Waals surface area contributed by atoms with Gasteiger partial charge >= 0.3 is 0 Å². The molecule has 3 nitrogen and oxygen atoms in total. The number of nitrogens with zero attached hydrogens (tertiary/aromatic N) is 1. The minimum atomic E-state index is -0.0750. The summed E-state index contributed by atoms with van der Waals surface area (Å²) in [4.78, 5) is 4.21. The molecule has 0 unspecified atom stereocenters. The van der Waals surface area contributed by atoms with Gasteiger partial charge in [0.25, 0.3) is 0 Å². The summed E-state index contributed by atoms with van der Waals surface area (Å²) in [5.74, 6) is 1.48. The van der Waals surface area contributed by atoms with Crippen molar-refractivity contribution in [2.75, 3.05) is 11.9 Å². The van der Waals surface area contributed by atoms with Crippen LogP contribution in [0.3, 0.4) is 0 Å². The fourth-order valence-electron chi connectivity index (χ4n) is 1.62. The number of anilines is 1. The van der Waals surface area contributed by atoms with Crippen molar-refractivity contribution in [3.8, 4) is 0 Å². The molecule has 0 aliphatic heterocycles. The molecule has 0 saturated heterocycles. The molecule has 76 valence electrons. The zero-order valence-corrected chi connectivity index (χ0v) is 9.37. The summed E-state index contributed by atoms with van der Waals surface area (Å²) in [7, 11) is 0. The molecule has 1 aliphatic rings. The first-order chi connectivity index (χ1) is 6.75. The van der Waals surface area contributed by atoms with Crippen LogP contribution in [0.5, 0.6) is 0 Å². The van der Waals surface area contributed by atoms with Gasteiger partial charge in [0, 0.05) is 12.7 Å². The summed E-state index contributed by atoms with van der Waals surface area (Å²) in [6.07, 6.45) is 3.52. The molecule has 0 amide bonds. The molecule has 2 rings (SSSR count). The van der Waals surface area contributed by atoms with Crippen LogP contribution < -0.4 is 5.32 Å². The highest BCUT2D eigenvalue weighted by Gasteiger charge is 2.26. The normalized spacial score (nSPS) is 25.6. The minimum Gasteiger partial charge on any atom is -0.393 e. The second kappa shape index (κ2) is 4.28. The van der Waals surface area contributed by atoms with Crippen LogP contribution >= 0.6 is 15.9 Å². The van der Waals surface area contributed by atoms with E-state index in [1.54, 1.807) is 6.20 Å². The van der Waals surface area contributed by atoms with Crippen molar-refractivity contribution in [2.45, 2.75) is 18.9 Å². The molecule has 14 heavy (non-hydrogen) atoms. The number of hydrogen-bond acceptors (Lipinski definition) is 3. The maximum absolute atomic E-state index is 9.12. The molecule has 0 radical (unpaired) electrons. The molecule has 1 fully saturated rings. The third-order valence-corrected chi connectivity index (χ3v) is 3.17. The van der Waals surface area contributed by atoms with E-state index in [1.807, 2.05) is 12.1 Å². The van der Waals surface area contributed by atoms with Crippen LogP contribution in [-0.4, -0.2) is 22.7 Å². The molecule has 1 aromatic heterocycles. The van der Waals surface area contributed by atoms with Crippen LogP contribution in [0.25, 0.3) is 0 Å². The Morgan fingerprint density at radius 2 is 2.36 bits per heavy atom. The number of halogens is 1. The van der Waals surface area contributed by atoms with Gasteiger partial charge in [0.15, 0.2) is 0 Å². The lowest BCUT2D eigenvalue weighted by atomic mass is 9.82. The SMILES string of the molecule is OC1CC(CNc2ncccc2Br)C1. The predicted octanol–water partition coefficient (Wildman–Crippen LogP) is 2.03. The molecule has 2 N–H and O–H groups in total. The van der Waals surface area contributed by atoms with Crippen LogP contribution in [0.4, 0.5) is 5.82 Å².